The first kappa shape index (κ1) is 9.74. The largest absolute Gasteiger partial charge is 0.320 e. The molecule has 4 heteroatoms. The van der Waals surface area contributed by atoms with Gasteiger partial charge in [-0.15, -0.1) is 0 Å². The summed E-state index contributed by atoms with van der Waals surface area (Å²) in [6.07, 6.45) is 2.67. The first-order valence-electron chi connectivity index (χ1n) is 3.96. The standard InChI is InChI=1S/C8H14BrN3/c1-4-8(2,10)7-6(9)5-11-12(7)3/h5H,4,10H2,1-3H3. The fourth-order valence-electron chi connectivity index (χ4n) is 1.22. The molecule has 0 saturated heterocycles. The Balaban J connectivity index is 3.17. The number of aromatic nitrogens is 2. The predicted octanol–water partition coefficient (Wildman–Crippen LogP) is 1.77. The second kappa shape index (κ2) is 3.18. The monoisotopic (exact) mass is 231 g/mol. The van der Waals surface area contributed by atoms with Crippen molar-refractivity contribution in [1.29, 1.82) is 0 Å². The molecule has 0 fully saturated rings. The summed E-state index contributed by atoms with van der Waals surface area (Å²) in [5, 5.41) is 4.12. The molecule has 1 aromatic heterocycles. The minimum Gasteiger partial charge on any atom is -0.320 e. The van der Waals surface area contributed by atoms with Crippen molar-refractivity contribution >= 4 is 15.9 Å². The summed E-state index contributed by atoms with van der Waals surface area (Å²) < 4.78 is 2.80. The van der Waals surface area contributed by atoms with E-state index < -0.39 is 0 Å². The van der Waals surface area contributed by atoms with E-state index in [-0.39, 0.29) is 5.54 Å². The number of halogens is 1. The molecule has 1 rings (SSSR count). The Bertz CT molecular complexity index is 258. The van der Waals surface area contributed by atoms with Gasteiger partial charge < -0.3 is 5.73 Å². The summed E-state index contributed by atoms with van der Waals surface area (Å²) in [6.45, 7) is 4.08. The van der Waals surface area contributed by atoms with Gasteiger partial charge in [0, 0.05) is 7.05 Å². The second-order valence-electron chi connectivity index (χ2n) is 3.24. The average Bonchev–Trinajstić information content (AvgIpc) is 2.31. The third-order valence-corrected chi connectivity index (χ3v) is 2.75. The molecule has 1 aromatic rings. The van der Waals surface area contributed by atoms with Crippen molar-refractivity contribution < 1.29 is 0 Å². The molecule has 0 aliphatic heterocycles. The minimum atomic E-state index is -0.302. The number of aryl methyl sites for hydroxylation is 1. The lowest BCUT2D eigenvalue weighted by atomic mass is 9.96. The van der Waals surface area contributed by atoms with E-state index in [9.17, 15) is 0 Å². The van der Waals surface area contributed by atoms with Crippen molar-refractivity contribution in [3.8, 4) is 0 Å². The van der Waals surface area contributed by atoms with Gasteiger partial charge in [-0.25, -0.2) is 0 Å². The van der Waals surface area contributed by atoms with E-state index in [0.29, 0.717) is 0 Å². The zero-order valence-electron chi connectivity index (χ0n) is 7.63. The Kier molecular flexibility index (Phi) is 2.58. The molecule has 0 aliphatic carbocycles. The van der Waals surface area contributed by atoms with Crippen LogP contribution >= 0.6 is 15.9 Å². The molecule has 0 radical (unpaired) electrons. The lowest BCUT2D eigenvalue weighted by Crippen LogP contribution is -2.34. The van der Waals surface area contributed by atoms with Gasteiger partial charge in [-0.1, -0.05) is 6.92 Å². The van der Waals surface area contributed by atoms with Crippen LogP contribution in [0, 0.1) is 0 Å². The van der Waals surface area contributed by atoms with Gasteiger partial charge in [-0.05, 0) is 29.3 Å². The number of rotatable bonds is 2. The van der Waals surface area contributed by atoms with Crippen molar-refractivity contribution in [3.05, 3.63) is 16.4 Å². The van der Waals surface area contributed by atoms with Crippen LogP contribution in [0.2, 0.25) is 0 Å². The minimum absolute atomic E-state index is 0.302. The van der Waals surface area contributed by atoms with Crippen molar-refractivity contribution in [2.45, 2.75) is 25.8 Å². The van der Waals surface area contributed by atoms with Gasteiger partial charge in [-0.3, -0.25) is 4.68 Å². The number of hydrogen-bond acceptors (Lipinski definition) is 2. The predicted molar refractivity (Wildman–Crippen MR) is 52.7 cm³/mol. The summed E-state index contributed by atoms with van der Waals surface area (Å²) in [5.74, 6) is 0. The van der Waals surface area contributed by atoms with Gasteiger partial charge in [0.15, 0.2) is 0 Å². The maximum Gasteiger partial charge on any atom is 0.0718 e. The van der Waals surface area contributed by atoms with Crippen LogP contribution in [-0.4, -0.2) is 9.78 Å². The van der Waals surface area contributed by atoms with Crippen molar-refractivity contribution in [2.75, 3.05) is 0 Å². The maximum absolute atomic E-state index is 6.09. The molecule has 1 unspecified atom stereocenters. The number of hydrogen-bond donors (Lipinski definition) is 1. The highest BCUT2D eigenvalue weighted by Gasteiger charge is 2.25. The highest BCUT2D eigenvalue weighted by molar-refractivity contribution is 9.10. The van der Waals surface area contributed by atoms with Gasteiger partial charge in [0.2, 0.25) is 0 Å². The Labute approximate surface area is 81.1 Å². The maximum atomic E-state index is 6.09. The quantitative estimate of drug-likeness (QED) is 0.844. The zero-order valence-corrected chi connectivity index (χ0v) is 9.22. The van der Waals surface area contributed by atoms with Crippen LogP contribution < -0.4 is 5.73 Å². The van der Waals surface area contributed by atoms with E-state index in [2.05, 4.69) is 28.0 Å². The van der Waals surface area contributed by atoms with Gasteiger partial charge in [-0.2, -0.15) is 5.10 Å². The summed E-state index contributed by atoms with van der Waals surface area (Å²) in [4.78, 5) is 0. The van der Waals surface area contributed by atoms with Crippen LogP contribution in [0.1, 0.15) is 26.0 Å². The molecule has 3 nitrogen and oxygen atoms in total. The average molecular weight is 232 g/mol. The van der Waals surface area contributed by atoms with E-state index in [1.54, 1.807) is 6.20 Å². The zero-order chi connectivity index (χ0) is 9.35. The van der Waals surface area contributed by atoms with Crippen molar-refractivity contribution in [3.63, 3.8) is 0 Å². The van der Waals surface area contributed by atoms with Crippen LogP contribution in [0.3, 0.4) is 0 Å². The van der Waals surface area contributed by atoms with Crippen molar-refractivity contribution in [1.82, 2.24) is 9.78 Å². The van der Waals surface area contributed by atoms with E-state index in [1.165, 1.54) is 0 Å². The molecule has 0 aromatic carbocycles. The molecular weight excluding hydrogens is 218 g/mol. The van der Waals surface area contributed by atoms with E-state index in [1.807, 2.05) is 18.7 Å². The molecule has 2 N–H and O–H groups in total. The number of nitrogens with two attached hydrogens (primary N) is 1. The topological polar surface area (TPSA) is 43.8 Å². The molecule has 0 bridgehead atoms. The molecule has 1 heterocycles. The SMILES string of the molecule is CCC(C)(N)c1c(Br)cnn1C. The second-order valence-corrected chi connectivity index (χ2v) is 4.09. The van der Waals surface area contributed by atoms with Crippen LogP contribution in [0.4, 0.5) is 0 Å². The molecule has 1 atom stereocenters. The Hall–Kier alpha value is -0.350. The fourth-order valence-corrected chi connectivity index (χ4v) is 2.02. The normalized spacial score (nSPS) is 16.1. The summed E-state index contributed by atoms with van der Waals surface area (Å²) >= 11 is 3.43. The van der Waals surface area contributed by atoms with E-state index in [0.717, 1.165) is 16.6 Å². The van der Waals surface area contributed by atoms with E-state index >= 15 is 0 Å². The third-order valence-electron chi connectivity index (χ3n) is 2.17. The van der Waals surface area contributed by atoms with Crippen LogP contribution in [0.15, 0.2) is 10.7 Å². The first-order chi connectivity index (χ1) is 5.49. The van der Waals surface area contributed by atoms with Crippen LogP contribution in [0.5, 0.6) is 0 Å². The molecule has 68 valence electrons. The summed E-state index contributed by atoms with van der Waals surface area (Å²) in [6, 6.07) is 0. The summed E-state index contributed by atoms with van der Waals surface area (Å²) in [7, 11) is 1.90. The molecular formula is C8H14BrN3. The lowest BCUT2D eigenvalue weighted by molar-refractivity contribution is 0.434. The van der Waals surface area contributed by atoms with Gasteiger partial charge in [0.25, 0.3) is 0 Å². The van der Waals surface area contributed by atoms with Crippen LogP contribution in [-0.2, 0) is 12.6 Å². The molecule has 0 aliphatic rings. The Morgan fingerprint density at radius 3 is 2.67 bits per heavy atom. The Morgan fingerprint density at radius 1 is 1.75 bits per heavy atom. The van der Waals surface area contributed by atoms with Gasteiger partial charge in [0.1, 0.15) is 0 Å². The van der Waals surface area contributed by atoms with Crippen LogP contribution in [0.25, 0.3) is 0 Å². The molecule has 12 heavy (non-hydrogen) atoms. The Morgan fingerprint density at radius 2 is 2.33 bits per heavy atom. The lowest BCUT2D eigenvalue weighted by Gasteiger charge is -2.23. The smallest absolute Gasteiger partial charge is 0.0718 e. The molecule has 0 spiro atoms. The van der Waals surface area contributed by atoms with Crippen molar-refractivity contribution in [2.24, 2.45) is 12.8 Å². The molecule has 0 amide bonds. The van der Waals surface area contributed by atoms with Gasteiger partial charge >= 0.3 is 0 Å². The van der Waals surface area contributed by atoms with E-state index in [4.69, 9.17) is 5.73 Å². The molecule has 0 saturated carbocycles. The first-order valence-corrected chi connectivity index (χ1v) is 4.75. The highest BCUT2D eigenvalue weighted by atomic mass is 79.9. The summed E-state index contributed by atoms with van der Waals surface area (Å²) in [5.41, 5.74) is 6.84. The third kappa shape index (κ3) is 1.54. The fraction of sp³-hybridized carbons (Fsp3) is 0.625. The highest BCUT2D eigenvalue weighted by Crippen LogP contribution is 2.27. The van der Waals surface area contributed by atoms with Gasteiger partial charge in [0.05, 0.1) is 21.9 Å². The number of nitrogens with zero attached hydrogens (tertiary/aromatic N) is 2.